The summed E-state index contributed by atoms with van der Waals surface area (Å²) in [6.45, 7) is 7.44. The lowest BCUT2D eigenvalue weighted by molar-refractivity contribution is 0.0339. The number of unbranched alkanes of at least 4 members (excludes halogenated alkanes) is 1. The number of hydrogen-bond donors (Lipinski definition) is 1. The van der Waals surface area contributed by atoms with Crippen molar-refractivity contribution in [1.82, 2.24) is 0 Å². The predicted molar refractivity (Wildman–Crippen MR) is 105 cm³/mol. The summed E-state index contributed by atoms with van der Waals surface area (Å²) in [5.41, 5.74) is 2.12. The molecule has 1 N–H and O–H groups in total. The van der Waals surface area contributed by atoms with Crippen LogP contribution in [0.5, 0.6) is 11.5 Å². The van der Waals surface area contributed by atoms with Gasteiger partial charge in [0.1, 0.15) is 24.2 Å². The molecule has 0 spiro atoms. The van der Waals surface area contributed by atoms with Gasteiger partial charge in [-0.1, -0.05) is 31.0 Å². The molecule has 0 bridgehead atoms. The van der Waals surface area contributed by atoms with Crippen molar-refractivity contribution in [3.63, 3.8) is 0 Å². The summed E-state index contributed by atoms with van der Waals surface area (Å²) in [5, 5.41) is 9.64. The lowest BCUT2D eigenvalue weighted by Crippen LogP contribution is -2.25. The first kappa shape index (κ1) is 19.7. The Morgan fingerprint density at radius 1 is 1.08 bits per heavy atom. The monoisotopic (exact) mass is 360 g/mol. The minimum Gasteiger partial charge on any atom is -0.508 e. The molecule has 4 heteroatoms. The van der Waals surface area contributed by atoms with Crippen LogP contribution in [0.15, 0.2) is 47.4 Å². The average Bonchev–Trinajstić information content (AvgIpc) is 2.61. The maximum absolute atomic E-state index is 9.64. The van der Waals surface area contributed by atoms with Crippen molar-refractivity contribution in [1.29, 1.82) is 0 Å². The van der Waals surface area contributed by atoms with Crippen molar-refractivity contribution in [2.45, 2.75) is 44.6 Å². The molecule has 2 aromatic carbocycles. The number of hydrogen-bond acceptors (Lipinski definition) is 4. The van der Waals surface area contributed by atoms with E-state index in [-0.39, 0.29) is 6.10 Å². The van der Waals surface area contributed by atoms with Gasteiger partial charge < -0.3 is 14.6 Å². The molecular weight excluding hydrogens is 332 g/mol. The van der Waals surface area contributed by atoms with Gasteiger partial charge >= 0.3 is 0 Å². The largest absolute Gasteiger partial charge is 0.508 e. The molecule has 0 aliphatic rings. The lowest BCUT2D eigenvalue weighted by atomic mass is 10.2. The van der Waals surface area contributed by atoms with Crippen LogP contribution < -0.4 is 4.74 Å². The standard InChI is InChI=1S/C21H28O3S/c1-4-5-12-23-19(14-24-18-8-6-16(2)7-9-18)15-25-20-10-11-21(22)17(3)13-20/h6-11,13,19,22H,4-5,12,14-15H2,1-3H3. The van der Waals surface area contributed by atoms with Gasteiger partial charge in [-0.3, -0.25) is 0 Å². The molecule has 25 heavy (non-hydrogen) atoms. The predicted octanol–water partition coefficient (Wildman–Crippen LogP) is 5.37. The zero-order valence-corrected chi connectivity index (χ0v) is 16.1. The number of thioether (sulfide) groups is 1. The molecule has 1 atom stereocenters. The second-order valence-electron chi connectivity index (χ2n) is 6.23. The van der Waals surface area contributed by atoms with E-state index in [4.69, 9.17) is 9.47 Å². The zero-order chi connectivity index (χ0) is 18.1. The number of ether oxygens (including phenoxy) is 2. The van der Waals surface area contributed by atoms with Gasteiger partial charge in [0.2, 0.25) is 0 Å². The molecule has 0 fully saturated rings. The van der Waals surface area contributed by atoms with Crippen LogP contribution in [-0.4, -0.2) is 30.2 Å². The highest BCUT2D eigenvalue weighted by Crippen LogP contribution is 2.26. The van der Waals surface area contributed by atoms with Crippen molar-refractivity contribution >= 4 is 11.8 Å². The Bertz CT molecular complexity index is 640. The third-order valence-electron chi connectivity index (χ3n) is 3.91. The van der Waals surface area contributed by atoms with Gasteiger partial charge in [0.05, 0.1) is 0 Å². The molecule has 0 radical (unpaired) electrons. The molecule has 1 unspecified atom stereocenters. The van der Waals surface area contributed by atoms with Gasteiger partial charge in [0.15, 0.2) is 0 Å². The van der Waals surface area contributed by atoms with Gasteiger partial charge in [-0.05, 0) is 56.2 Å². The molecule has 0 saturated heterocycles. The van der Waals surface area contributed by atoms with Crippen molar-refractivity contribution in [3.8, 4) is 11.5 Å². The van der Waals surface area contributed by atoms with Crippen LogP contribution in [0.1, 0.15) is 30.9 Å². The maximum atomic E-state index is 9.64. The van der Waals surface area contributed by atoms with E-state index in [1.54, 1.807) is 17.8 Å². The van der Waals surface area contributed by atoms with E-state index in [0.29, 0.717) is 12.4 Å². The first-order valence-corrected chi connectivity index (χ1v) is 9.80. The SMILES string of the molecule is CCCCOC(COc1ccc(C)cc1)CSc1ccc(O)c(C)c1. The normalized spacial score (nSPS) is 12.1. The van der Waals surface area contributed by atoms with E-state index in [9.17, 15) is 5.11 Å². The number of rotatable bonds is 10. The molecule has 0 aliphatic carbocycles. The Morgan fingerprint density at radius 2 is 1.84 bits per heavy atom. The van der Waals surface area contributed by atoms with E-state index < -0.39 is 0 Å². The van der Waals surface area contributed by atoms with Crippen molar-refractivity contribution in [3.05, 3.63) is 53.6 Å². The van der Waals surface area contributed by atoms with Gasteiger partial charge in [-0.2, -0.15) is 0 Å². The van der Waals surface area contributed by atoms with E-state index in [1.165, 1.54) is 5.56 Å². The minimum atomic E-state index is 0.0342. The molecule has 0 amide bonds. The van der Waals surface area contributed by atoms with E-state index >= 15 is 0 Å². The zero-order valence-electron chi connectivity index (χ0n) is 15.3. The van der Waals surface area contributed by atoms with Crippen molar-refractivity contribution in [2.75, 3.05) is 19.0 Å². The first-order chi connectivity index (χ1) is 12.1. The molecule has 2 aromatic rings. The number of aryl methyl sites for hydroxylation is 2. The Hall–Kier alpha value is -1.65. The molecule has 0 aliphatic heterocycles. The lowest BCUT2D eigenvalue weighted by Gasteiger charge is -2.18. The maximum Gasteiger partial charge on any atom is 0.119 e. The molecule has 3 nitrogen and oxygen atoms in total. The van der Waals surface area contributed by atoms with Crippen molar-refractivity contribution < 1.29 is 14.6 Å². The number of phenolic OH excluding ortho intramolecular Hbond substituents is 1. The number of phenols is 1. The fraction of sp³-hybridized carbons (Fsp3) is 0.429. The third kappa shape index (κ3) is 7.00. The second kappa shape index (κ2) is 10.4. The highest BCUT2D eigenvalue weighted by molar-refractivity contribution is 7.99. The van der Waals surface area contributed by atoms with E-state index in [1.807, 2.05) is 31.2 Å². The summed E-state index contributed by atoms with van der Waals surface area (Å²) in [4.78, 5) is 1.13. The minimum absolute atomic E-state index is 0.0342. The van der Waals surface area contributed by atoms with Gasteiger partial charge in [0.25, 0.3) is 0 Å². The summed E-state index contributed by atoms with van der Waals surface area (Å²) in [6, 6.07) is 13.8. The Labute approximate surface area is 155 Å². The van der Waals surface area contributed by atoms with Crippen LogP contribution in [0.2, 0.25) is 0 Å². The van der Waals surface area contributed by atoms with Crippen LogP contribution in [0.3, 0.4) is 0 Å². The van der Waals surface area contributed by atoms with Gasteiger partial charge in [0, 0.05) is 17.3 Å². The van der Waals surface area contributed by atoms with E-state index in [2.05, 4.69) is 26.0 Å². The topological polar surface area (TPSA) is 38.7 Å². The fourth-order valence-electron chi connectivity index (χ4n) is 2.27. The molecule has 0 aromatic heterocycles. The summed E-state index contributed by atoms with van der Waals surface area (Å²) >= 11 is 1.73. The summed E-state index contributed by atoms with van der Waals surface area (Å²) < 4.78 is 11.9. The molecule has 0 heterocycles. The van der Waals surface area contributed by atoms with Crippen LogP contribution in [0.4, 0.5) is 0 Å². The van der Waals surface area contributed by atoms with Crippen LogP contribution in [-0.2, 0) is 4.74 Å². The van der Waals surface area contributed by atoms with E-state index in [0.717, 1.165) is 41.4 Å². The molecular formula is C21H28O3S. The molecule has 2 rings (SSSR count). The smallest absolute Gasteiger partial charge is 0.119 e. The Kier molecular flexibility index (Phi) is 8.16. The molecule has 136 valence electrons. The number of benzene rings is 2. The summed E-state index contributed by atoms with van der Waals surface area (Å²) in [7, 11) is 0. The van der Waals surface area contributed by atoms with Gasteiger partial charge in [-0.15, -0.1) is 11.8 Å². The van der Waals surface area contributed by atoms with Crippen molar-refractivity contribution in [2.24, 2.45) is 0 Å². The second-order valence-corrected chi connectivity index (χ2v) is 7.32. The van der Waals surface area contributed by atoms with Crippen LogP contribution >= 0.6 is 11.8 Å². The Balaban J connectivity index is 1.89. The Morgan fingerprint density at radius 3 is 2.52 bits per heavy atom. The highest BCUT2D eigenvalue weighted by atomic mass is 32.2. The average molecular weight is 361 g/mol. The van der Waals surface area contributed by atoms with Crippen LogP contribution in [0, 0.1) is 13.8 Å². The first-order valence-electron chi connectivity index (χ1n) is 8.82. The fourth-order valence-corrected chi connectivity index (χ4v) is 3.26. The van der Waals surface area contributed by atoms with Gasteiger partial charge in [-0.25, -0.2) is 0 Å². The summed E-state index contributed by atoms with van der Waals surface area (Å²) in [5.74, 6) is 2.03. The summed E-state index contributed by atoms with van der Waals surface area (Å²) in [6.07, 6.45) is 2.21. The number of aromatic hydroxyl groups is 1. The highest BCUT2D eigenvalue weighted by Gasteiger charge is 2.12. The third-order valence-corrected chi connectivity index (χ3v) is 5.04. The quantitative estimate of drug-likeness (QED) is 0.457. The molecule has 0 saturated carbocycles. The van der Waals surface area contributed by atoms with Crippen LogP contribution in [0.25, 0.3) is 0 Å².